The van der Waals surface area contributed by atoms with E-state index in [1.165, 1.54) is 6.08 Å². The lowest BCUT2D eigenvalue weighted by Crippen LogP contribution is -2.18. The summed E-state index contributed by atoms with van der Waals surface area (Å²) in [5.41, 5.74) is 1.90. The minimum Gasteiger partial charge on any atom is -0.463 e. The first-order valence-electron chi connectivity index (χ1n) is 7.36. The fourth-order valence-corrected chi connectivity index (χ4v) is 3.99. The second kappa shape index (κ2) is 6.18. The van der Waals surface area contributed by atoms with Gasteiger partial charge in [0.1, 0.15) is 5.82 Å². The summed E-state index contributed by atoms with van der Waals surface area (Å²) in [5, 5.41) is 1.03. The molecule has 22 heavy (non-hydrogen) atoms. The van der Waals surface area contributed by atoms with E-state index in [4.69, 9.17) is 4.74 Å². The van der Waals surface area contributed by atoms with Crippen LogP contribution >= 0.6 is 11.3 Å². The van der Waals surface area contributed by atoms with Crippen molar-refractivity contribution in [2.45, 2.75) is 19.9 Å². The molecular formula is C17H18FNO2S. The SMILES string of the molecule is CCOC(=O)C=Cc1sc2ccc(F)c3c2c1CN(C)CC3. The molecule has 0 aliphatic carbocycles. The normalized spacial score (nSPS) is 15.4. The van der Waals surface area contributed by atoms with E-state index in [-0.39, 0.29) is 11.8 Å². The van der Waals surface area contributed by atoms with E-state index in [0.717, 1.165) is 39.2 Å². The fraction of sp³-hybridized carbons (Fsp3) is 0.353. The smallest absolute Gasteiger partial charge is 0.330 e. The van der Waals surface area contributed by atoms with Crippen LogP contribution in [0, 0.1) is 5.82 Å². The largest absolute Gasteiger partial charge is 0.463 e. The Morgan fingerprint density at radius 1 is 1.45 bits per heavy atom. The van der Waals surface area contributed by atoms with Gasteiger partial charge in [-0.1, -0.05) is 0 Å². The molecule has 116 valence electrons. The Kier molecular flexibility index (Phi) is 4.27. The summed E-state index contributed by atoms with van der Waals surface area (Å²) in [6.07, 6.45) is 3.95. The van der Waals surface area contributed by atoms with Crippen LogP contribution in [-0.2, 0) is 22.5 Å². The number of nitrogens with zero attached hydrogens (tertiary/aromatic N) is 1. The van der Waals surface area contributed by atoms with Crippen LogP contribution in [0.1, 0.15) is 22.9 Å². The highest BCUT2D eigenvalue weighted by Crippen LogP contribution is 2.38. The van der Waals surface area contributed by atoms with E-state index in [2.05, 4.69) is 4.90 Å². The number of rotatable bonds is 3. The van der Waals surface area contributed by atoms with Gasteiger partial charge in [0.05, 0.1) is 6.61 Å². The maximum atomic E-state index is 14.2. The summed E-state index contributed by atoms with van der Waals surface area (Å²) in [6.45, 7) is 3.74. The van der Waals surface area contributed by atoms with Crippen LogP contribution < -0.4 is 0 Å². The Hall–Kier alpha value is -1.72. The van der Waals surface area contributed by atoms with Crippen molar-refractivity contribution < 1.29 is 13.9 Å². The van der Waals surface area contributed by atoms with Crippen LogP contribution in [0.15, 0.2) is 18.2 Å². The number of esters is 1. The number of carbonyl (C=O) groups excluding carboxylic acids is 1. The molecule has 0 N–H and O–H groups in total. The molecular weight excluding hydrogens is 301 g/mol. The van der Waals surface area contributed by atoms with Crippen LogP contribution in [0.3, 0.4) is 0 Å². The van der Waals surface area contributed by atoms with Crippen LogP contribution in [-0.4, -0.2) is 31.1 Å². The predicted octanol–water partition coefficient (Wildman–Crippen LogP) is 3.60. The third-order valence-corrected chi connectivity index (χ3v) is 5.03. The second-order valence-corrected chi connectivity index (χ2v) is 6.50. The Bertz CT molecular complexity index is 751. The van der Waals surface area contributed by atoms with Gasteiger partial charge in [-0.15, -0.1) is 11.3 Å². The van der Waals surface area contributed by atoms with E-state index >= 15 is 0 Å². The van der Waals surface area contributed by atoms with Crippen molar-refractivity contribution in [2.75, 3.05) is 20.2 Å². The molecule has 5 heteroatoms. The molecule has 0 saturated heterocycles. The Morgan fingerprint density at radius 2 is 2.27 bits per heavy atom. The third kappa shape index (κ3) is 2.78. The summed E-state index contributed by atoms with van der Waals surface area (Å²) in [7, 11) is 2.03. The molecule has 0 unspecified atom stereocenters. The van der Waals surface area contributed by atoms with Crippen molar-refractivity contribution in [3.8, 4) is 0 Å². The van der Waals surface area contributed by atoms with Gasteiger partial charge in [0.15, 0.2) is 0 Å². The zero-order valence-corrected chi connectivity index (χ0v) is 13.5. The quantitative estimate of drug-likeness (QED) is 0.639. The van der Waals surface area contributed by atoms with Gasteiger partial charge in [0, 0.05) is 34.1 Å². The average molecular weight is 319 g/mol. The number of likely N-dealkylation sites (N-methyl/N-ethyl adjacent to an activating group) is 1. The first-order valence-corrected chi connectivity index (χ1v) is 8.18. The molecule has 3 rings (SSSR count). The van der Waals surface area contributed by atoms with E-state index in [0.29, 0.717) is 13.0 Å². The first-order chi connectivity index (χ1) is 10.6. The lowest BCUT2D eigenvalue weighted by Gasteiger charge is -2.13. The third-order valence-electron chi connectivity index (χ3n) is 3.87. The minimum atomic E-state index is -0.347. The molecule has 1 aliphatic heterocycles. The van der Waals surface area contributed by atoms with Gasteiger partial charge < -0.3 is 9.64 Å². The van der Waals surface area contributed by atoms with Crippen molar-refractivity contribution in [2.24, 2.45) is 0 Å². The molecule has 0 saturated carbocycles. The highest BCUT2D eigenvalue weighted by molar-refractivity contribution is 7.20. The number of hydrogen-bond acceptors (Lipinski definition) is 4. The highest BCUT2D eigenvalue weighted by Gasteiger charge is 2.21. The van der Waals surface area contributed by atoms with Gasteiger partial charge in [0.25, 0.3) is 0 Å². The molecule has 1 aliphatic rings. The maximum absolute atomic E-state index is 14.2. The topological polar surface area (TPSA) is 29.5 Å². The van der Waals surface area contributed by atoms with Crippen molar-refractivity contribution in [3.63, 3.8) is 0 Å². The van der Waals surface area contributed by atoms with E-state index in [1.54, 1.807) is 30.4 Å². The summed E-state index contributed by atoms with van der Waals surface area (Å²) < 4.78 is 20.2. The van der Waals surface area contributed by atoms with Crippen LogP contribution in [0.4, 0.5) is 4.39 Å². The predicted molar refractivity (Wildman–Crippen MR) is 87.5 cm³/mol. The molecule has 1 aromatic heterocycles. The zero-order valence-electron chi connectivity index (χ0n) is 12.7. The monoisotopic (exact) mass is 319 g/mol. The molecule has 2 heterocycles. The van der Waals surface area contributed by atoms with Gasteiger partial charge in [-0.25, -0.2) is 9.18 Å². The Labute approximate surface area is 133 Å². The second-order valence-electron chi connectivity index (χ2n) is 5.42. The summed E-state index contributed by atoms with van der Waals surface area (Å²) in [5.74, 6) is -0.483. The van der Waals surface area contributed by atoms with Gasteiger partial charge in [-0.05, 0) is 49.7 Å². The van der Waals surface area contributed by atoms with Crippen LogP contribution in [0.2, 0.25) is 0 Å². The summed E-state index contributed by atoms with van der Waals surface area (Å²) in [4.78, 5) is 14.7. The van der Waals surface area contributed by atoms with Gasteiger partial charge >= 0.3 is 5.97 Å². The first kappa shape index (κ1) is 15.2. The molecule has 1 aromatic carbocycles. The number of halogens is 1. The van der Waals surface area contributed by atoms with E-state index in [9.17, 15) is 9.18 Å². The van der Waals surface area contributed by atoms with E-state index in [1.807, 2.05) is 13.1 Å². The molecule has 0 atom stereocenters. The summed E-state index contributed by atoms with van der Waals surface area (Å²) in [6, 6.07) is 3.37. The zero-order chi connectivity index (χ0) is 15.7. The Morgan fingerprint density at radius 3 is 3.05 bits per heavy atom. The molecule has 0 spiro atoms. The van der Waals surface area contributed by atoms with Crippen molar-refractivity contribution >= 4 is 33.5 Å². The number of carbonyl (C=O) groups is 1. The average Bonchev–Trinajstić information content (AvgIpc) is 2.71. The molecule has 0 radical (unpaired) electrons. The summed E-state index contributed by atoms with van der Waals surface area (Å²) >= 11 is 1.59. The lowest BCUT2D eigenvalue weighted by atomic mass is 10.0. The van der Waals surface area contributed by atoms with Gasteiger partial charge in [-0.3, -0.25) is 0 Å². The number of hydrogen-bond donors (Lipinski definition) is 0. The number of thiophene rings is 1. The van der Waals surface area contributed by atoms with Crippen molar-refractivity contribution in [1.29, 1.82) is 0 Å². The fourth-order valence-electron chi connectivity index (χ4n) is 2.84. The standard InChI is InChI=1S/C17H18FNO2S/c1-3-21-16(20)7-6-14-12-10-19(2)9-8-11-13(18)4-5-15(22-14)17(11)12/h4-7H,3,8-10H2,1-2H3. The highest BCUT2D eigenvalue weighted by atomic mass is 32.1. The van der Waals surface area contributed by atoms with Crippen LogP contribution in [0.25, 0.3) is 16.2 Å². The van der Waals surface area contributed by atoms with Gasteiger partial charge in [0.2, 0.25) is 0 Å². The molecule has 0 bridgehead atoms. The van der Waals surface area contributed by atoms with Crippen LogP contribution in [0.5, 0.6) is 0 Å². The van der Waals surface area contributed by atoms with E-state index < -0.39 is 0 Å². The maximum Gasteiger partial charge on any atom is 0.330 e. The number of ether oxygens (including phenoxy) is 1. The Balaban J connectivity index is 2.10. The van der Waals surface area contributed by atoms with Crippen molar-refractivity contribution in [3.05, 3.63) is 40.0 Å². The lowest BCUT2D eigenvalue weighted by molar-refractivity contribution is -0.137. The number of benzene rings is 1. The molecule has 0 fully saturated rings. The minimum absolute atomic E-state index is 0.136. The van der Waals surface area contributed by atoms with Crippen molar-refractivity contribution in [1.82, 2.24) is 4.90 Å². The molecule has 3 nitrogen and oxygen atoms in total. The van der Waals surface area contributed by atoms with Gasteiger partial charge in [-0.2, -0.15) is 0 Å². The molecule has 2 aromatic rings. The molecule has 0 amide bonds.